The van der Waals surface area contributed by atoms with E-state index in [1.54, 1.807) is 16.0 Å². The summed E-state index contributed by atoms with van der Waals surface area (Å²) in [5.41, 5.74) is 2.06. The first-order valence-corrected chi connectivity index (χ1v) is 8.97. The van der Waals surface area contributed by atoms with Gasteiger partial charge in [0, 0.05) is 37.9 Å². The standard InChI is InChI=1S/C20H24N4O3/c1-2-19(26)23-14-18(15-23)20(27)22(8-9-25)11-17-10-21-24(13-17)12-16-6-4-3-5-7-16/h2-7,10,13,18,25H,1,8-9,11-12,14-15H2. The summed E-state index contributed by atoms with van der Waals surface area (Å²) < 4.78 is 1.83. The molecule has 2 heterocycles. The maximum Gasteiger partial charge on any atom is 0.246 e. The molecule has 1 saturated heterocycles. The van der Waals surface area contributed by atoms with E-state index in [2.05, 4.69) is 11.7 Å². The second-order valence-corrected chi connectivity index (χ2v) is 6.66. The monoisotopic (exact) mass is 368 g/mol. The quantitative estimate of drug-likeness (QED) is 0.702. The Kier molecular flexibility index (Phi) is 6.03. The zero-order valence-corrected chi connectivity index (χ0v) is 15.2. The molecule has 7 heteroatoms. The summed E-state index contributed by atoms with van der Waals surface area (Å²) in [6.45, 7) is 5.47. The molecule has 7 nitrogen and oxygen atoms in total. The van der Waals surface area contributed by atoms with Gasteiger partial charge in [-0.15, -0.1) is 0 Å². The van der Waals surface area contributed by atoms with Crippen LogP contribution in [0.1, 0.15) is 11.1 Å². The Balaban J connectivity index is 1.59. The largest absolute Gasteiger partial charge is 0.395 e. The summed E-state index contributed by atoms with van der Waals surface area (Å²) in [5, 5.41) is 13.7. The highest BCUT2D eigenvalue weighted by Crippen LogP contribution is 2.20. The van der Waals surface area contributed by atoms with Crippen LogP contribution in [0.5, 0.6) is 0 Å². The maximum atomic E-state index is 12.7. The van der Waals surface area contributed by atoms with Crippen molar-refractivity contribution in [2.45, 2.75) is 13.1 Å². The number of benzene rings is 1. The zero-order chi connectivity index (χ0) is 19.2. The summed E-state index contributed by atoms with van der Waals surface area (Å²) >= 11 is 0. The highest BCUT2D eigenvalue weighted by molar-refractivity contribution is 5.90. The van der Waals surface area contributed by atoms with Gasteiger partial charge < -0.3 is 14.9 Å². The molecule has 1 fully saturated rings. The van der Waals surface area contributed by atoms with Gasteiger partial charge in [0.05, 0.1) is 25.3 Å². The van der Waals surface area contributed by atoms with Crippen molar-refractivity contribution in [3.05, 3.63) is 66.5 Å². The lowest BCUT2D eigenvalue weighted by molar-refractivity contribution is -0.147. The molecule has 1 aliphatic rings. The molecule has 1 aromatic heterocycles. The summed E-state index contributed by atoms with van der Waals surface area (Å²) in [5.74, 6) is -0.428. The molecule has 0 unspecified atom stereocenters. The summed E-state index contributed by atoms with van der Waals surface area (Å²) in [4.78, 5) is 27.4. The molecule has 142 valence electrons. The number of hydrogen-bond donors (Lipinski definition) is 1. The van der Waals surface area contributed by atoms with Gasteiger partial charge in [-0.2, -0.15) is 5.10 Å². The number of carbonyl (C=O) groups is 2. The SMILES string of the molecule is C=CC(=O)N1CC(C(=O)N(CCO)Cc2cnn(Cc3ccccc3)c2)C1. The molecule has 1 aromatic carbocycles. The van der Waals surface area contributed by atoms with Gasteiger partial charge in [0.2, 0.25) is 11.8 Å². The van der Waals surface area contributed by atoms with Crippen molar-refractivity contribution in [3.63, 3.8) is 0 Å². The van der Waals surface area contributed by atoms with E-state index >= 15 is 0 Å². The van der Waals surface area contributed by atoms with Crippen molar-refractivity contribution >= 4 is 11.8 Å². The summed E-state index contributed by atoms with van der Waals surface area (Å²) in [6.07, 6.45) is 4.92. The van der Waals surface area contributed by atoms with Gasteiger partial charge in [-0.3, -0.25) is 14.3 Å². The number of hydrogen-bond acceptors (Lipinski definition) is 4. The van der Waals surface area contributed by atoms with Crippen molar-refractivity contribution in [1.82, 2.24) is 19.6 Å². The number of aliphatic hydroxyl groups is 1. The highest BCUT2D eigenvalue weighted by Gasteiger charge is 2.37. The number of likely N-dealkylation sites (tertiary alicyclic amines) is 1. The fourth-order valence-corrected chi connectivity index (χ4v) is 3.16. The second-order valence-electron chi connectivity index (χ2n) is 6.66. The zero-order valence-electron chi connectivity index (χ0n) is 15.2. The van der Waals surface area contributed by atoms with Crippen LogP contribution in [0.4, 0.5) is 0 Å². The molecule has 27 heavy (non-hydrogen) atoms. The number of aliphatic hydroxyl groups excluding tert-OH is 1. The molecule has 0 bridgehead atoms. The minimum absolute atomic E-state index is 0.0482. The van der Waals surface area contributed by atoms with E-state index in [4.69, 9.17) is 0 Å². The normalized spacial score (nSPS) is 13.9. The summed E-state index contributed by atoms with van der Waals surface area (Å²) in [6, 6.07) is 10.0. The molecule has 3 rings (SSSR count). The molecule has 0 saturated carbocycles. The Labute approximate surface area is 158 Å². The van der Waals surface area contributed by atoms with Crippen LogP contribution < -0.4 is 0 Å². The van der Waals surface area contributed by atoms with E-state index in [1.807, 2.05) is 41.2 Å². The average molecular weight is 368 g/mol. The Morgan fingerprint density at radius 2 is 2.00 bits per heavy atom. The van der Waals surface area contributed by atoms with E-state index in [9.17, 15) is 14.7 Å². The second kappa shape index (κ2) is 8.64. The van der Waals surface area contributed by atoms with Gasteiger partial charge >= 0.3 is 0 Å². The van der Waals surface area contributed by atoms with E-state index in [1.165, 1.54) is 6.08 Å². The third-order valence-corrected chi connectivity index (χ3v) is 4.65. The van der Waals surface area contributed by atoms with Crippen molar-refractivity contribution in [3.8, 4) is 0 Å². The summed E-state index contributed by atoms with van der Waals surface area (Å²) in [7, 11) is 0. The van der Waals surface area contributed by atoms with Crippen LogP contribution in [0.25, 0.3) is 0 Å². The topological polar surface area (TPSA) is 78.7 Å². The van der Waals surface area contributed by atoms with Crippen LogP contribution in [-0.2, 0) is 22.7 Å². The predicted octanol–water partition coefficient (Wildman–Crippen LogP) is 0.897. The Morgan fingerprint density at radius 1 is 1.26 bits per heavy atom. The number of rotatable bonds is 8. The molecule has 2 aromatic rings. The van der Waals surface area contributed by atoms with Gasteiger partial charge in [0.25, 0.3) is 0 Å². The number of nitrogens with zero attached hydrogens (tertiary/aromatic N) is 4. The van der Waals surface area contributed by atoms with Gasteiger partial charge in [0.15, 0.2) is 0 Å². The van der Waals surface area contributed by atoms with Crippen molar-refractivity contribution in [2.75, 3.05) is 26.2 Å². The van der Waals surface area contributed by atoms with E-state index in [-0.39, 0.29) is 30.9 Å². The van der Waals surface area contributed by atoms with Crippen molar-refractivity contribution in [2.24, 2.45) is 5.92 Å². The third kappa shape index (κ3) is 4.62. The van der Waals surface area contributed by atoms with E-state index in [0.29, 0.717) is 26.2 Å². The molecule has 0 atom stereocenters. The average Bonchev–Trinajstić information content (AvgIpc) is 3.07. The third-order valence-electron chi connectivity index (χ3n) is 4.65. The molecule has 2 amide bonds. The van der Waals surface area contributed by atoms with Crippen LogP contribution in [-0.4, -0.2) is 62.7 Å². The molecule has 0 spiro atoms. The van der Waals surface area contributed by atoms with E-state index in [0.717, 1.165) is 11.1 Å². The highest BCUT2D eigenvalue weighted by atomic mass is 16.3. The smallest absolute Gasteiger partial charge is 0.246 e. The lowest BCUT2D eigenvalue weighted by atomic mass is 9.98. The van der Waals surface area contributed by atoms with Crippen LogP contribution in [0.3, 0.4) is 0 Å². The van der Waals surface area contributed by atoms with Crippen LogP contribution in [0.2, 0.25) is 0 Å². The van der Waals surface area contributed by atoms with Gasteiger partial charge in [-0.25, -0.2) is 0 Å². The Morgan fingerprint density at radius 3 is 2.67 bits per heavy atom. The van der Waals surface area contributed by atoms with Crippen molar-refractivity contribution < 1.29 is 14.7 Å². The molecule has 0 radical (unpaired) electrons. The molecular weight excluding hydrogens is 344 g/mol. The van der Waals surface area contributed by atoms with Crippen molar-refractivity contribution in [1.29, 1.82) is 0 Å². The Bertz CT molecular complexity index is 797. The lowest BCUT2D eigenvalue weighted by Crippen LogP contribution is -2.56. The first-order valence-electron chi connectivity index (χ1n) is 8.97. The predicted molar refractivity (Wildman–Crippen MR) is 101 cm³/mol. The minimum atomic E-state index is -0.222. The maximum absolute atomic E-state index is 12.7. The molecule has 1 N–H and O–H groups in total. The fourth-order valence-electron chi connectivity index (χ4n) is 3.16. The fraction of sp³-hybridized carbons (Fsp3) is 0.350. The first kappa shape index (κ1) is 18.8. The molecular formula is C20H24N4O3. The first-order chi connectivity index (χ1) is 13.1. The van der Waals surface area contributed by atoms with Gasteiger partial charge in [-0.1, -0.05) is 36.9 Å². The number of amides is 2. The number of aromatic nitrogens is 2. The van der Waals surface area contributed by atoms with Gasteiger partial charge in [0.1, 0.15) is 0 Å². The van der Waals surface area contributed by atoms with E-state index < -0.39 is 0 Å². The number of carbonyl (C=O) groups excluding carboxylic acids is 2. The molecule has 0 aliphatic carbocycles. The van der Waals surface area contributed by atoms with Crippen LogP contribution >= 0.6 is 0 Å². The van der Waals surface area contributed by atoms with Crippen LogP contribution in [0, 0.1) is 5.92 Å². The van der Waals surface area contributed by atoms with Crippen LogP contribution in [0.15, 0.2) is 55.4 Å². The van der Waals surface area contributed by atoms with Gasteiger partial charge in [-0.05, 0) is 11.6 Å². The minimum Gasteiger partial charge on any atom is -0.395 e. The lowest BCUT2D eigenvalue weighted by Gasteiger charge is -2.40. The molecule has 1 aliphatic heterocycles. The Hall–Kier alpha value is -2.93.